The third kappa shape index (κ3) is 2.89. The molecule has 1 saturated heterocycles. The molecule has 2 aromatic carbocycles. The van der Waals surface area contributed by atoms with Crippen LogP contribution in [0.4, 0.5) is 0 Å². The minimum absolute atomic E-state index is 1.04. The molecule has 3 nitrogen and oxygen atoms in total. The molecule has 0 amide bonds. The van der Waals surface area contributed by atoms with Gasteiger partial charge in [0, 0.05) is 60.0 Å². The van der Waals surface area contributed by atoms with E-state index in [0.29, 0.717) is 0 Å². The lowest BCUT2D eigenvalue weighted by Crippen LogP contribution is -2.31. The van der Waals surface area contributed by atoms with E-state index < -0.39 is 0 Å². The minimum Gasteiger partial charge on any atom is -0.317 e. The number of hydrogen-bond acceptors (Lipinski definition) is 3. The Morgan fingerprint density at radius 2 is 1.88 bits per heavy atom. The highest BCUT2D eigenvalue weighted by molar-refractivity contribution is 7.99. The summed E-state index contributed by atoms with van der Waals surface area (Å²) in [5.41, 5.74) is 4.93. The third-order valence-electron chi connectivity index (χ3n) is 5.19. The molecule has 4 aromatic rings. The summed E-state index contributed by atoms with van der Waals surface area (Å²) in [6, 6.07) is 19.5. The maximum absolute atomic E-state index is 4.43. The van der Waals surface area contributed by atoms with E-state index in [9.17, 15) is 0 Å². The van der Waals surface area contributed by atoms with Crippen LogP contribution in [0.15, 0.2) is 67.0 Å². The Balaban J connectivity index is 1.55. The van der Waals surface area contributed by atoms with Crippen molar-refractivity contribution in [1.29, 1.82) is 0 Å². The Kier molecular flexibility index (Phi) is 4.15. The standard InChI is InChI=1S/C22H21N3S/c1-3-18(16-24-11-13-26-14-12-24)20-8-10-25(22(20)5-1)19-6-7-21-17(15-19)4-2-9-23-21/h1-10,15H,11-14,16H2. The van der Waals surface area contributed by atoms with Crippen LogP contribution in [0, 0.1) is 0 Å². The van der Waals surface area contributed by atoms with E-state index in [1.807, 2.05) is 12.3 Å². The Hall–Kier alpha value is -2.30. The monoisotopic (exact) mass is 359 g/mol. The first-order chi connectivity index (χ1) is 12.9. The van der Waals surface area contributed by atoms with E-state index in [1.165, 1.54) is 52.1 Å². The lowest BCUT2D eigenvalue weighted by molar-refractivity contribution is 0.295. The van der Waals surface area contributed by atoms with Crippen LogP contribution in [-0.4, -0.2) is 39.0 Å². The van der Waals surface area contributed by atoms with Crippen LogP contribution in [0.25, 0.3) is 27.5 Å². The molecule has 1 aliphatic rings. The second kappa shape index (κ2) is 6.78. The van der Waals surface area contributed by atoms with E-state index in [1.54, 1.807) is 0 Å². The summed E-state index contributed by atoms with van der Waals surface area (Å²) >= 11 is 2.06. The van der Waals surface area contributed by atoms with Crippen LogP contribution in [0.2, 0.25) is 0 Å². The van der Waals surface area contributed by atoms with Gasteiger partial charge in [-0.2, -0.15) is 11.8 Å². The van der Waals surface area contributed by atoms with Gasteiger partial charge in [-0.05, 0) is 42.0 Å². The molecule has 130 valence electrons. The lowest BCUT2D eigenvalue weighted by atomic mass is 10.1. The maximum atomic E-state index is 4.43. The molecule has 0 atom stereocenters. The van der Waals surface area contributed by atoms with Crippen molar-refractivity contribution in [2.24, 2.45) is 0 Å². The van der Waals surface area contributed by atoms with Crippen LogP contribution < -0.4 is 0 Å². The largest absolute Gasteiger partial charge is 0.317 e. The summed E-state index contributed by atoms with van der Waals surface area (Å²) in [7, 11) is 0. The van der Waals surface area contributed by atoms with Crippen molar-refractivity contribution in [3.63, 3.8) is 0 Å². The first-order valence-corrected chi connectivity index (χ1v) is 10.3. The van der Waals surface area contributed by atoms with Crippen molar-refractivity contribution in [1.82, 2.24) is 14.5 Å². The maximum Gasteiger partial charge on any atom is 0.0703 e. The summed E-state index contributed by atoms with van der Waals surface area (Å²) in [5.74, 6) is 2.50. The van der Waals surface area contributed by atoms with Crippen molar-refractivity contribution < 1.29 is 0 Å². The summed E-state index contributed by atoms with van der Waals surface area (Å²) in [6.07, 6.45) is 4.04. The topological polar surface area (TPSA) is 21.1 Å². The zero-order valence-electron chi connectivity index (χ0n) is 14.6. The number of aromatic nitrogens is 2. The highest BCUT2D eigenvalue weighted by Crippen LogP contribution is 2.26. The Labute approximate surface area is 157 Å². The van der Waals surface area contributed by atoms with E-state index in [0.717, 1.165) is 12.1 Å². The Morgan fingerprint density at radius 1 is 0.962 bits per heavy atom. The van der Waals surface area contributed by atoms with E-state index >= 15 is 0 Å². The zero-order valence-corrected chi connectivity index (χ0v) is 15.5. The van der Waals surface area contributed by atoms with Crippen LogP contribution in [-0.2, 0) is 6.54 Å². The average Bonchev–Trinajstić information content (AvgIpc) is 3.14. The molecular weight excluding hydrogens is 338 g/mol. The van der Waals surface area contributed by atoms with Crippen LogP contribution in [0.1, 0.15) is 5.56 Å². The number of hydrogen-bond donors (Lipinski definition) is 0. The highest BCUT2D eigenvalue weighted by Gasteiger charge is 2.13. The molecule has 2 aromatic heterocycles. The van der Waals surface area contributed by atoms with Crippen molar-refractivity contribution in [2.45, 2.75) is 6.54 Å². The SMILES string of the molecule is c1cnc2ccc(-n3ccc4c(CN5CCSCC5)cccc43)cc2c1. The molecule has 0 N–H and O–H groups in total. The van der Waals surface area contributed by atoms with Gasteiger partial charge in [-0.25, -0.2) is 0 Å². The van der Waals surface area contributed by atoms with Crippen LogP contribution in [0.5, 0.6) is 0 Å². The average molecular weight is 359 g/mol. The lowest BCUT2D eigenvalue weighted by Gasteiger charge is -2.26. The number of thioether (sulfide) groups is 1. The van der Waals surface area contributed by atoms with Crippen LogP contribution in [0.3, 0.4) is 0 Å². The summed E-state index contributed by atoms with van der Waals surface area (Å²) in [6.45, 7) is 3.43. The molecule has 0 unspecified atom stereocenters. The molecule has 26 heavy (non-hydrogen) atoms. The molecule has 5 rings (SSSR count). The number of nitrogens with zero attached hydrogens (tertiary/aromatic N) is 3. The molecule has 0 radical (unpaired) electrons. The van der Waals surface area contributed by atoms with Gasteiger partial charge < -0.3 is 4.57 Å². The van der Waals surface area contributed by atoms with Crippen molar-refractivity contribution in [3.8, 4) is 5.69 Å². The molecule has 0 spiro atoms. The van der Waals surface area contributed by atoms with Crippen molar-refractivity contribution in [2.75, 3.05) is 24.6 Å². The highest BCUT2D eigenvalue weighted by atomic mass is 32.2. The molecule has 1 aliphatic heterocycles. The van der Waals surface area contributed by atoms with Crippen molar-refractivity contribution >= 4 is 33.6 Å². The van der Waals surface area contributed by atoms with Crippen LogP contribution >= 0.6 is 11.8 Å². The molecule has 0 bridgehead atoms. The number of fused-ring (bicyclic) bond motifs is 2. The second-order valence-electron chi connectivity index (χ2n) is 6.80. The Bertz CT molecular complexity index is 1060. The fourth-order valence-corrected chi connectivity index (χ4v) is 4.79. The third-order valence-corrected chi connectivity index (χ3v) is 6.13. The fraction of sp³-hybridized carbons (Fsp3) is 0.227. The Morgan fingerprint density at radius 3 is 2.81 bits per heavy atom. The number of rotatable bonds is 3. The normalized spacial score (nSPS) is 15.7. The quantitative estimate of drug-likeness (QED) is 0.528. The van der Waals surface area contributed by atoms with Gasteiger partial charge in [0.1, 0.15) is 0 Å². The summed E-state index contributed by atoms with van der Waals surface area (Å²) < 4.78 is 2.29. The minimum atomic E-state index is 1.04. The van der Waals surface area contributed by atoms with E-state index in [-0.39, 0.29) is 0 Å². The van der Waals surface area contributed by atoms with Crippen molar-refractivity contribution in [3.05, 3.63) is 72.6 Å². The van der Waals surface area contributed by atoms with Gasteiger partial charge in [0.2, 0.25) is 0 Å². The smallest absolute Gasteiger partial charge is 0.0703 e. The van der Waals surface area contributed by atoms with Gasteiger partial charge in [-0.3, -0.25) is 9.88 Å². The van der Waals surface area contributed by atoms with Gasteiger partial charge in [0.25, 0.3) is 0 Å². The molecule has 1 fully saturated rings. The van der Waals surface area contributed by atoms with Gasteiger partial charge in [0.15, 0.2) is 0 Å². The van der Waals surface area contributed by atoms with Gasteiger partial charge >= 0.3 is 0 Å². The number of benzene rings is 2. The predicted molar refractivity (Wildman–Crippen MR) is 111 cm³/mol. The molecule has 0 aliphatic carbocycles. The molecular formula is C22H21N3S. The molecule has 3 heterocycles. The zero-order chi connectivity index (χ0) is 17.3. The summed E-state index contributed by atoms with van der Waals surface area (Å²) in [4.78, 5) is 7.00. The molecule has 0 saturated carbocycles. The van der Waals surface area contributed by atoms with E-state index in [2.05, 4.69) is 80.9 Å². The number of pyridine rings is 1. The van der Waals surface area contributed by atoms with Gasteiger partial charge in [-0.1, -0.05) is 18.2 Å². The predicted octanol–water partition coefficient (Wildman–Crippen LogP) is 4.73. The first kappa shape index (κ1) is 15.9. The fourth-order valence-electron chi connectivity index (χ4n) is 3.81. The van der Waals surface area contributed by atoms with Gasteiger partial charge in [0.05, 0.1) is 11.0 Å². The van der Waals surface area contributed by atoms with E-state index in [4.69, 9.17) is 0 Å². The second-order valence-corrected chi connectivity index (χ2v) is 8.03. The molecule has 4 heteroatoms. The van der Waals surface area contributed by atoms with Gasteiger partial charge in [-0.15, -0.1) is 0 Å². The first-order valence-electron chi connectivity index (χ1n) is 9.13. The summed E-state index contributed by atoms with van der Waals surface area (Å²) in [5, 5.41) is 2.53.